The van der Waals surface area contributed by atoms with Gasteiger partial charge in [0.1, 0.15) is 11.5 Å². The molecule has 8 heteroatoms. The summed E-state index contributed by atoms with van der Waals surface area (Å²) in [6.45, 7) is 8.56. The van der Waals surface area contributed by atoms with Gasteiger partial charge in [-0.05, 0) is 62.6 Å². The molecule has 8 nitrogen and oxygen atoms in total. The van der Waals surface area contributed by atoms with Crippen LogP contribution in [0.25, 0.3) is 16.7 Å². The van der Waals surface area contributed by atoms with Gasteiger partial charge in [0.05, 0.1) is 46.6 Å². The number of benzene rings is 3. The molecule has 39 heavy (non-hydrogen) atoms. The number of nitrogens with zero attached hydrogens (tertiary/aromatic N) is 6. The number of hydrogen-bond donors (Lipinski definition) is 0. The summed E-state index contributed by atoms with van der Waals surface area (Å²) in [5, 5.41) is 8.80. The van der Waals surface area contributed by atoms with E-state index in [0.29, 0.717) is 29.9 Å². The van der Waals surface area contributed by atoms with E-state index in [9.17, 15) is 9.59 Å². The second-order valence-corrected chi connectivity index (χ2v) is 10.7. The molecule has 3 heterocycles. The highest BCUT2D eigenvalue weighted by Gasteiger charge is 2.42. The third-order valence-corrected chi connectivity index (χ3v) is 7.22. The molecular weight excluding hydrogens is 488 g/mol. The van der Waals surface area contributed by atoms with Crippen LogP contribution in [0.3, 0.4) is 0 Å². The van der Waals surface area contributed by atoms with Gasteiger partial charge in [-0.15, -0.1) is 5.10 Å². The van der Waals surface area contributed by atoms with Crippen LogP contribution in [0.1, 0.15) is 69.7 Å². The van der Waals surface area contributed by atoms with E-state index in [-0.39, 0.29) is 17.7 Å². The topological polar surface area (TPSA) is 85.9 Å². The molecule has 2 aromatic heterocycles. The number of amides is 2. The molecule has 1 aliphatic heterocycles. The Bertz CT molecular complexity index is 1710. The van der Waals surface area contributed by atoms with E-state index < -0.39 is 6.04 Å². The fraction of sp³-hybridized carbons (Fsp3) is 0.258. The van der Waals surface area contributed by atoms with Crippen LogP contribution in [0.2, 0.25) is 0 Å². The van der Waals surface area contributed by atoms with E-state index >= 15 is 0 Å². The quantitative estimate of drug-likeness (QED) is 0.259. The summed E-state index contributed by atoms with van der Waals surface area (Å²) < 4.78 is 3.83. The molecule has 0 spiro atoms. The van der Waals surface area contributed by atoms with Crippen molar-refractivity contribution in [1.82, 2.24) is 29.4 Å². The van der Waals surface area contributed by atoms with E-state index in [4.69, 9.17) is 4.98 Å². The maximum Gasteiger partial charge on any atom is 0.262 e. The van der Waals surface area contributed by atoms with E-state index in [1.54, 1.807) is 16.8 Å². The Morgan fingerprint density at radius 2 is 1.56 bits per heavy atom. The maximum absolute atomic E-state index is 13.7. The van der Waals surface area contributed by atoms with Crippen molar-refractivity contribution in [3.63, 3.8) is 0 Å². The lowest BCUT2D eigenvalue weighted by Gasteiger charge is -2.28. The molecule has 0 aliphatic carbocycles. The van der Waals surface area contributed by atoms with Crippen LogP contribution in [-0.4, -0.2) is 41.3 Å². The molecule has 2 amide bonds. The minimum atomic E-state index is -0.530. The van der Waals surface area contributed by atoms with Crippen LogP contribution in [0, 0.1) is 19.8 Å². The predicted molar refractivity (Wildman–Crippen MR) is 149 cm³/mol. The Balaban J connectivity index is 1.43. The second kappa shape index (κ2) is 9.62. The molecule has 0 fully saturated rings. The first kappa shape index (κ1) is 24.7. The Morgan fingerprint density at radius 3 is 2.33 bits per heavy atom. The van der Waals surface area contributed by atoms with Gasteiger partial charge in [0.15, 0.2) is 0 Å². The Morgan fingerprint density at radius 1 is 0.846 bits per heavy atom. The summed E-state index contributed by atoms with van der Waals surface area (Å²) in [6.07, 6.45) is 2.50. The van der Waals surface area contributed by atoms with E-state index in [1.807, 2.05) is 74.6 Å². The summed E-state index contributed by atoms with van der Waals surface area (Å²) >= 11 is 0. The molecule has 1 atom stereocenters. The number of hydrogen-bond acceptors (Lipinski definition) is 5. The van der Waals surface area contributed by atoms with Crippen molar-refractivity contribution in [1.29, 1.82) is 0 Å². The van der Waals surface area contributed by atoms with Crippen LogP contribution < -0.4 is 0 Å². The molecule has 0 N–H and O–H groups in total. The highest BCUT2D eigenvalue weighted by molar-refractivity contribution is 6.21. The van der Waals surface area contributed by atoms with Crippen molar-refractivity contribution >= 4 is 22.8 Å². The zero-order valence-electron chi connectivity index (χ0n) is 22.5. The zero-order valence-corrected chi connectivity index (χ0v) is 22.5. The number of aryl methyl sites for hydroxylation is 2. The number of fused-ring (bicyclic) bond motifs is 2. The first-order valence-electron chi connectivity index (χ1n) is 13.2. The van der Waals surface area contributed by atoms with Gasteiger partial charge in [0, 0.05) is 0 Å². The van der Waals surface area contributed by atoms with Crippen LogP contribution >= 0.6 is 0 Å². The molecule has 0 bridgehead atoms. The number of aromatic nitrogens is 5. The molecule has 196 valence electrons. The highest BCUT2D eigenvalue weighted by atomic mass is 16.2. The number of imide groups is 1. The lowest BCUT2D eigenvalue weighted by Crippen LogP contribution is -2.36. The van der Waals surface area contributed by atoms with Gasteiger partial charge in [0.2, 0.25) is 0 Å². The third kappa shape index (κ3) is 4.41. The summed E-state index contributed by atoms with van der Waals surface area (Å²) in [7, 11) is 0. The fourth-order valence-electron chi connectivity index (χ4n) is 5.30. The Hall–Kier alpha value is -4.59. The molecule has 0 unspecified atom stereocenters. The largest absolute Gasteiger partial charge is 0.320 e. The van der Waals surface area contributed by atoms with Gasteiger partial charge in [-0.1, -0.05) is 60.5 Å². The van der Waals surface area contributed by atoms with Gasteiger partial charge in [0.25, 0.3) is 11.8 Å². The Kier molecular flexibility index (Phi) is 6.10. The summed E-state index contributed by atoms with van der Waals surface area (Å²) in [6, 6.07) is 20.9. The first-order chi connectivity index (χ1) is 18.8. The normalized spacial score (nSPS) is 14.0. The molecular formula is C31H30N6O2. The monoisotopic (exact) mass is 518 g/mol. The zero-order chi connectivity index (χ0) is 27.3. The predicted octanol–water partition coefficient (Wildman–Crippen LogP) is 5.67. The number of carbonyl (C=O) groups is 2. The molecule has 6 rings (SSSR count). The standard InChI is InChI=1S/C31H30N6O2/c1-19(2)15-28(37-30(38)24-14-11-21(4)16-25(24)31(37)39)29-32-26-7-5-6-8-27(26)35(29)17-22-18-36(34-33-22)23-12-9-20(3)10-13-23/h5-14,16,18-19,28H,15,17H2,1-4H3/t28-/m1/s1. The van der Waals surface area contributed by atoms with Crippen LogP contribution in [0.15, 0.2) is 72.9 Å². The van der Waals surface area contributed by atoms with Gasteiger partial charge < -0.3 is 4.57 Å². The minimum Gasteiger partial charge on any atom is -0.320 e. The molecule has 5 aromatic rings. The molecule has 0 saturated carbocycles. The van der Waals surface area contributed by atoms with Crippen molar-refractivity contribution in [3.8, 4) is 5.69 Å². The van der Waals surface area contributed by atoms with Crippen molar-refractivity contribution in [2.75, 3.05) is 0 Å². The fourth-order valence-corrected chi connectivity index (χ4v) is 5.30. The van der Waals surface area contributed by atoms with Gasteiger partial charge in [-0.3, -0.25) is 14.5 Å². The second-order valence-electron chi connectivity index (χ2n) is 10.7. The number of rotatable bonds is 7. The molecule has 1 aliphatic rings. The first-order valence-corrected chi connectivity index (χ1v) is 13.2. The minimum absolute atomic E-state index is 0.219. The Labute approximate surface area is 226 Å². The highest BCUT2D eigenvalue weighted by Crippen LogP contribution is 2.37. The summed E-state index contributed by atoms with van der Waals surface area (Å²) in [5.41, 5.74) is 6.42. The molecule has 3 aromatic carbocycles. The van der Waals surface area contributed by atoms with Gasteiger partial charge in [-0.2, -0.15) is 0 Å². The van der Waals surface area contributed by atoms with Crippen LogP contribution in [-0.2, 0) is 6.54 Å². The summed E-state index contributed by atoms with van der Waals surface area (Å²) in [4.78, 5) is 33.7. The van der Waals surface area contributed by atoms with Gasteiger partial charge in [-0.25, -0.2) is 9.67 Å². The third-order valence-electron chi connectivity index (χ3n) is 7.22. The van der Waals surface area contributed by atoms with Crippen molar-refractivity contribution in [3.05, 3.63) is 107 Å². The number of carbonyl (C=O) groups excluding carboxylic acids is 2. The number of para-hydroxylation sites is 2. The van der Waals surface area contributed by atoms with Crippen molar-refractivity contribution in [2.24, 2.45) is 5.92 Å². The smallest absolute Gasteiger partial charge is 0.262 e. The van der Waals surface area contributed by atoms with Gasteiger partial charge >= 0.3 is 0 Å². The van der Waals surface area contributed by atoms with Crippen molar-refractivity contribution in [2.45, 2.75) is 46.7 Å². The number of imidazole rings is 1. The molecule has 0 radical (unpaired) electrons. The van der Waals surface area contributed by atoms with E-state index in [1.165, 1.54) is 10.5 Å². The van der Waals surface area contributed by atoms with E-state index in [2.05, 4.69) is 28.7 Å². The lowest BCUT2D eigenvalue weighted by molar-refractivity contribution is 0.0553. The van der Waals surface area contributed by atoms with Crippen LogP contribution in [0.4, 0.5) is 0 Å². The van der Waals surface area contributed by atoms with Crippen molar-refractivity contribution < 1.29 is 9.59 Å². The average molecular weight is 519 g/mol. The maximum atomic E-state index is 13.7. The molecule has 0 saturated heterocycles. The summed E-state index contributed by atoms with van der Waals surface area (Å²) in [5.74, 6) is 0.343. The average Bonchev–Trinajstić information content (AvgIpc) is 3.59. The lowest BCUT2D eigenvalue weighted by atomic mass is 10.0. The van der Waals surface area contributed by atoms with E-state index in [0.717, 1.165) is 28.0 Å². The SMILES string of the molecule is Cc1ccc(-n2cc(Cn3c([C@@H](CC(C)C)N4C(=O)c5ccc(C)cc5C4=O)nc4ccccc43)nn2)cc1. The van der Waals surface area contributed by atoms with Crippen LogP contribution in [0.5, 0.6) is 0 Å².